The molecule has 1 aromatic rings. The van der Waals surface area contributed by atoms with Gasteiger partial charge in [0, 0.05) is 35.7 Å². The van der Waals surface area contributed by atoms with E-state index < -0.39 is 0 Å². The van der Waals surface area contributed by atoms with E-state index in [0.29, 0.717) is 0 Å². The maximum atomic E-state index is 12.6. The number of carbonyl (C=O) groups excluding carboxylic acids is 1. The van der Waals surface area contributed by atoms with Gasteiger partial charge in [-0.2, -0.15) is 0 Å². The van der Waals surface area contributed by atoms with E-state index in [0.717, 1.165) is 28.7 Å². The van der Waals surface area contributed by atoms with Gasteiger partial charge in [0.2, 0.25) is 0 Å². The molecule has 2 N–H and O–H groups in total. The predicted molar refractivity (Wildman–Crippen MR) is 94.6 cm³/mol. The Hall–Kier alpha value is -1.27. The van der Waals surface area contributed by atoms with E-state index >= 15 is 0 Å². The molecular weight excluding hydrogens is 358 g/mol. The zero-order chi connectivity index (χ0) is 16.7. The molecule has 3 atom stereocenters. The van der Waals surface area contributed by atoms with Crippen molar-refractivity contribution >= 4 is 27.6 Å². The highest BCUT2D eigenvalue weighted by atomic mass is 79.9. The van der Waals surface area contributed by atoms with Gasteiger partial charge >= 0.3 is 6.03 Å². The lowest BCUT2D eigenvalue weighted by Crippen LogP contribution is -2.50. The molecule has 0 spiro atoms. The van der Waals surface area contributed by atoms with Gasteiger partial charge in [-0.3, -0.25) is 0 Å². The van der Waals surface area contributed by atoms with E-state index in [9.17, 15) is 9.90 Å². The molecule has 2 amide bonds. The second-order valence-corrected chi connectivity index (χ2v) is 7.67. The van der Waals surface area contributed by atoms with Gasteiger partial charge in [0.25, 0.3) is 0 Å². The fourth-order valence-electron chi connectivity index (χ4n) is 3.98. The van der Waals surface area contributed by atoms with Gasteiger partial charge in [-0.05, 0) is 44.0 Å². The minimum atomic E-state index is -0.0142. The third kappa shape index (κ3) is 2.83. The summed E-state index contributed by atoms with van der Waals surface area (Å²) in [6, 6.07) is 6.35. The Morgan fingerprint density at radius 2 is 2.22 bits per heavy atom. The van der Waals surface area contributed by atoms with Gasteiger partial charge in [0.05, 0.1) is 18.7 Å². The fraction of sp³-hybridized carbons (Fsp3) is 0.588. The first-order valence-corrected chi connectivity index (χ1v) is 8.93. The van der Waals surface area contributed by atoms with E-state index in [1.807, 2.05) is 31.9 Å². The number of amides is 2. The van der Waals surface area contributed by atoms with Crippen LogP contribution in [-0.2, 0) is 0 Å². The molecule has 23 heavy (non-hydrogen) atoms. The topological polar surface area (TPSA) is 55.8 Å². The summed E-state index contributed by atoms with van der Waals surface area (Å²) in [5.41, 5.74) is 2.26. The van der Waals surface area contributed by atoms with Crippen LogP contribution in [0.25, 0.3) is 0 Å². The Kier molecular flexibility index (Phi) is 4.56. The molecule has 5 nitrogen and oxygen atoms in total. The van der Waals surface area contributed by atoms with Crippen molar-refractivity contribution in [1.82, 2.24) is 10.2 Å². The zero-order valence-corrected chi connectivity index (χ0v) is 15.4. The Labute approximate surface area is 145 Å². The monoisotopic (exact) mass is 381 g/mol. The highest BCUT2D eigenvalue weighted by Gasteiger charge is 2.47. The summed E-state index contributed by atoms with van der Waals surface area (Å²) >= 11 is 3.55. The van der Waals surface area contributed by atoms with Crippen molar-refractivity contribution in [2.75, 3.05) is 25.1 Å². The predicted octanol–water partition coefficient (Wildman–Crippen LogP) is 2.74. The highest BCUT2D eigenvalue weighted by molar-refractivity contribution is 9.10. The van der Waals surface area contributed by atoms with E-state index in [-0.39, 0.29) is 36.7 Å². The summed E-state index contributed by atoms with van der Waals surface area (Å²) in [7, 11) is 2.03. The number of benzene rings is 1. The van der Waals surface area contributed by atoms with E-state index in [1.54, 1.807) is 0 Å². The smallest absolute Gasteiger partial charge is 0.318 e. The summed E-state index contributed by atoms with van der Waals surface area (Å²) < 4.78 is 1.02. The Morgan fingerprint density at radius 3 is 2.87 bits per heavy atom. The van der Waals surface area contributed by atoms with Crippen LogP contribution in [0, 0.1) is 5.92 Å². The number of carbonyl (C=O) groups is 1. The lowest BCUT2D eigenvalue weighted by Gasteiger charge is -2.44. The summed E-state index contributed by atoms with van der Waals surface area (Å²) in [5, 5.41) is 12.9. The van der Waals surface area contributed by atoms with Gasteiger partial charge in [0.15, 0.2) is 0 Å². The number of nitrogens with zero attached hydrogens (tertiary/aromatic N) is 2. The van der Waals surface area contributed by atoms with Crippen molar-refractivity contribution in [3.63, 3.8) is 0 Å². The number of anilines is 1. The molecule has 0 aliphatic carbocycles. The minimum Gasteiger partial charge on any atom is -0.394 e. The molecule has 1 fully saturated rings. The van der Waals surface area contributed by atoms with Crippen LogP contribution in [0.4, 0.5) is 10.5 Å². The van der Waals surface area contributed by atoms with Crippen LogP contribution in [0.15, 0.2) is 22.7 Å². The number of urea groups is 1. The van der Waals surface area contributed by atoms with Crippen molar-refractivity contribution < 1.29 is 9.90 Å². The first kappa shape index (κ1) is 16.6. The molecule has 2 aliphatic rings. The molecule has 2 aliphatic heterocycles. The molecule has 0 aromatic heterocycles. The van der Waals surface area contributed by atoms with Gasteiger partial charge in [-0.25, -0.2) is 4.79 Å². The number of hydrogen-bond acceptors (Lipinski definition) is 3. The number of aliphatic hydroxyl groups excluding tert-OH is 1. The Bertz CT molecular complexity index is 608. The van der Waals surface area contributed by atoms with Crippen LogP contribution >= 0.6 is 15.9 Å². The van der Waals surface area contributed by atoms with Crippen LogP contribution in [-0.4, -0.2) is 48.3 Å². The molecular formula is C17H24BrN3O2. The number of hydrogen-bond donors (Lipinski definition) is 2. The number of rotatable bonds is 2. The molecule has 2 heterocycles. The van der Waals surface area contributed by atoms with Gasteiger partial charge in [-0.15, -0.1) is 0 Å². The first-order chi connectivity index (χ1) is 10.9. The third-order valence-corrected chi connectivity index (χ3v) is 5.48. The minimum absolute atomic E-state index is 0.0142. The van der Waals surface area contributed by atoms with Crippen molar-refractivity contribution in [3.05, 3.63) is 28.2 Å². The number of likely N-dealkylation sites (tertiary alicyclic amines) is 1. The van der Waals surface area contributed by atoms with Crippen molar-refractivity contribution in [2.24, 2.45) is 5.92 Å². The molecule has 0 unspecified atom stereocenters. The second-order valence-electron chi connectivity index (χ2n) is 6.76. The molecule has 0 radical (unpaired) electrons. The van der Waals surface area contributed by atoms with Gasteiger partial charge in [0.1, 0.15) is 0 Å². The van der Waals surface area contributed by atoms with Crippen LogP contribution in [0.3, 0.4) is 0 Å². The number of halogens is 1. The van der Waals surface area contributed by atoms with E-state index in [4.69, 9.17) is 0 Å². The quantitative estimate of drug-likeness (QED) is 0.827. The molecule has 6 heteroatoms. The van der Waals surface area contributed by atoms with E-state index in [2.05, 4.69) is 38.3 Å². The lowest BCUT2D eigenvalue weighted by molar-refractivity contribution is 0.159. The lowest BCUT2D eigenvalue weighted by atomic mass is 9.82. The number of nitrogens with one attached hydrogen (secondary N) is 1. The summed E-state index contributed by atoms with van der Waals surface area (Å²) in [4.78, 5) is 16.7. The van der Waals surface area contributed by atoms with Gasteiger partial charge < -0.3 is 20.2 Å². The highest BCUT2D eigenvalue weighted by Crippen LogP contribution is 2.48. The molecule has 126 valence electrons. The maximum Gasteiger partial charge on any atom is 0.318 e. The summed E-state index contributed by atoms with van der Waals surface area (Å²) in [5.74, 6) is 0.254. The van der Waals surface area contributed by atoms with Crippen LogP contribution < -0.4 is 10.2 Å². The van der Waals surface area contributed by atoms with Crippen molar-refractivity contribution in [2.45, 2.75) is 38.4 Å². The molecule has 0 bridgehead atoms. The zero-order valence-electron chi connectivity index (χ0n) is 13.8. The standard InChI is InChI=1S/C17H24BrN3O2/c1-10(2)19-17(23)21-7-6-12-15(9-22)20(3)14-5-4-11(18)8-13(14)16(12)21/h4-5,8,10,12,15-16,22H,6-7,9H2,1-3H3,(H,19,23)/t12-,15+,16-/m1/s1. The number of likely N-dealkylation sites (N-methyl/N-ethyl adjacent to an activating group) is 1. The molecule has 0 saturated carbocycles. The first-order valence-electron chi connectivity index (χ1n) is 8.14. The molecule has 1 saturated heterocycles. The molecule has 1 aromatic carbocycles. The van der Waals surface area contributed by atoms with Crippen molar-refractivity contribution in [1.29, 1.82) is 0 Å². The van der Waals surface area contributed by atoms with Crippen molar-refractivity contribution in [3.8, 4) is 0 Å². The summed E-state index contributed by atoms with van der Waals surface area (Å²) in [6.45, 7) is 4.78. The van der Waals surface area contributed by atoms with Gasteiger partial charge in [-0.1, -0.05) is 15.9 Å². The SMILES string of the molecule is CC(C)NC(=O)N1CC[C@H]2[C@@H]1c1cc(Br)ccc1N(C)[C@H]2CO. The van der Waals surface area contributed by atoms with Crippen LogP contribution in [0.2, 0.25) is 0 Å². The normalized spacial score (nSPS) is 26.3. The number of aliphatic hydroxyl groups is 1. The Morgan fingerprint density at radius 1 is 1.48 bits per heavy atom. The third-order valence-electron chi connectivity index (χ3n) is 4.98. The Balaban J connectivity index is 2.02. The maximum absolute atomic E-state index is 12.6. The largest absolute Gasteiger partial charge is 0.394 e. The average molecular weight is 382 g/mol. The second kappa shape index (κ2) is 6.32. The molecule has 3 rings (SSSR count). The number of fused-ring (bicyclic) bond motifs is 3. The fourth-order valence-corrected chi connectivity index (χ4v) is 4.36. The van der Waals surface area contributed by atoms with Crippen LogP contribution in [0.1, 0.15) is 31.9 Å². The summed E-state index contributed by atoms with van der Waals surface area (Å²) in [6.07, 6.45) is 0.914. The average Bonchev–Trinajstić information content (AvgIpc) is 2.92. The van der Waals surface area contributed by atoms with E-state index in [1.165, 1.54) is 0 Å². The van der Waals surface area contributed by atoms with Crippen LogP contribution in [0.5, 0.6) is 0 Å².